The summed E-state index contributed by atoms with van der Waals surface area (Å²) in [5.41, 5.74) is 3.46. The summed E-state index contributed by atoms with van der Waals surface area (Å²) in [6, 6.07) is 17.4. The number of hydrogen-bond acceptors (Lipinski definition) is 6. The van der Waals surface area contributed by atoms with Gasteiger partial charge in [-0.3, -0.25) is 9.78 Å². The van der Waals surface area contributed by atoms with Crippen molar-refractivity contribution in [2.75, 3.05) is 0 Å². The van der Waals surface area contributed by atoms with Crippen molar-refractivity contribution in [3.05, 3.63) is 115 Å². The van der Waals surface area contributed by atoms with E-state index in [2.05, 4.69) is 15.4 Å². The van der Waals surface area contributed by atoms with Crippen LogP contribution in [0.25, 0.3) is 16.9 Å². The normalized spacial score (nSPS) is 10.9. The van der Waals surface area contributed by atoms with Gasteiger partial charge in [-0.05, 0) is 54.8 Å². The van der Waals surface area contributed by atoms with Gasteiger partial charge in [0.05, 0.1) is 22.6 Å². The minimum atomic E-state index is -0.493. The minimum Gasteiger partial charge on any atom is -0.420 e. The van der Waals surface area contributed by atoms with Crippen molar-refractivity contribution in [2.45, 2.75) is 13.5 Å². The monoisotopic (exact) mass is 596 g/mol. The van der Waals surface area contributed by atoms with Crippen molar-refractivity contribution in [1.29, 1.82) is 0 Å². The first-order chi connectivity index (χ1) is 18.8. The lowest BCUT2D eigenvalue weighted by molar-refractivity contribution is 0.0737. The summed E-state index contributed by atoms with van der Waals surface area (Å²) < 4.78 is 7.14. The number of aromatic nitrogens is 3. The highest BCUT2D eigenvalue weighted by atomic mass is 35.5. The van der Waals surface area contributed by atoms with Gasteiger partial charge in [-0.15, -0.1) is 11.3 Å². The maximum Gasteiger partial charge on any atom is 0.353 e. The predicted octanol–water partition coefficient (Wildman–Crippen LogP) is 7.41. The lowest BCUT2D eigenvalue weighted by Gasteiger charge is -2.11. The lowest BCUT2D eigenvalue weighted by atomic mass is 10.1. The third kappa shape index (κ3) is 5.84. The van der Waals surface area contributed by atoms with Crippen LogP contribution in [0.3, 0.4) is 0 Å². The average molecular weight is 598 g/mol. The summed E-state index contributed by atoms with van der Waals surface area (Å²) in [4.78, 5) is 30.4. The minimum absolute atomic E-state index is 0.0820. The molecule has 5 rings (SSSR count). The number of nitrogens with zero attached hydrogens (tertiary/aromatic N) is 3. The molecule has 0 bridgehead atoms. The number of thiophene rings is 1. The van der Waals surface area contributed by atoms with E-state index in [0.717, 1.165) is 5.56 Å². The molecular formula is C28H19Cl3N4O3S. The van der Waals surface area contributed by atoms with Gasteiger partial charge in [0.1, 0.15) is 4.88 Å². The second-order valence-corrected chi connectivity index (χ2v) is 10.6. The Morgan fingerprint density at radius 1 is 1.03 bits per heavy atom. The van der Waals surface area contributed by atoms with Crippen LogP contribution in [0.4, 0.5) is 0 Å². The van der Waals surface area contributed by atoms with Crippen molar-refractivity contribution >= 4 is 58.0 Å². The molecule has 0 aliphatic heterocycles. The summed E-state index contributed by atoms with van der Waals surface area (Å²) in [7, 11) is 0. The lowest BCUT2D eigenvalue weighted by Crippen LogP contribution is -2.24. The molecule has 0 aliphatic rings. The highest BCUT2D eigenvalue weighted by Crippen LogP contribution is 2.33. The second-order valence-electron chi connectivity index (χ2n) is 8.37. The summed E-state index contributed by atoms with van der Waals surface area (Å²) in [6.07, 6.45) is 3.00. The van der Waals surface area contributed by atoms with E-state index in [1.807, 2.05) is 19.1 Å². The number of pyridine rings is 1. The number of carbonyl (C=O) groups is 2. The number of benzene rings is 2. The summed E-state index contributed by atoms with van der Waals surface area (Å²) in [5, 5.41) is 10.7. The molecule has 2 aromatic carbocycles. The Kier molecular flexibility index (Phi) is 7.99. The van der Waals surface area contributed by atoms with E-state index in [1.165, 1.54) is 17.5 Å². The Hall–Kier alpha value is -3.69. The largest absolute Gasteiger partial charge is 0.420 e. The smallest absolute Gasteiger partial charge is 0.353 e. The first-order valence-corrected chi connectivity index (χ1v) is 13.6. The van der Waals surface area contributed by atoms with Crippen LogP contribution < -0.4 is 10.1 Å². The van der Waals surface area contributed by atoms with Gasteiger partial charge in [-0.2, -0.15) is 5.10 Å². The van der Waals surface area contributed by atoms with Gasteiger partial charge in [0.25, 0.3) is 5.91 Å². The van der Waals surface area contributed by atoms with Crippen molar-refractivity contribution in [3.63, 3.8) is 0 Å². The molecule has 0 radical (unpaired) electrons. The quantitative estimate of drug-likeness (QED) is 0.197. The van der Waals surface area contributed by atoms with E-state index in [1.54, 1.807) is 64.8 Å². The van der Waals surface area contributed by atoms with Gasteiger partial charge in [0.15, 0.2) is 11.4 Å². The van der Waals surface area contributed by atoms with Crippen LogP contribution in [-0.2, 0) is 6.54 Å². The van der Waals surface area contributed by atoms with E-state index >= 15 is 0 Å². The number of halogens is 3. The van der Waals surface area contributed by atoms with Crippen LogP contribution >= 0.6 is 46.1 Å². The van der Waals surface area contributed by atoms with Crippen LogP contribution in [0.2, 0.25) is 15.1 Å². The van der Waals surface area contributed by atoms with Crippen LogP contribution in [0.15, 0.2) is 78.4 Å². The fourth-order valence-corrected chi connectivity index (χ4v) is 5.15. The summed E-state index contributed by atoms with van der Waals surface area (Å²) >= 11 is 20.0. The average Bonchev–Trinajstić information content (AvgIpc) is 3.57. The first kappa shape index (κ1) is 26.9. The molecule has 5 aromatic rings. The van der Waals surface area contributed by atoms with Crippen LogP contribution in [-0.4, -0.2) is 26.6 Å². The molecule has 1 N–H and O–H groups in total. The molecule has 196 valence electrons. The number of ether oxygens (including phenoxy) is 1. The van der Waals surface area contributed by atoms with Gasteiger partial charge in [0, 0.05) is 39.5 Å². The van der Waals surface area contributed by atoms with Gasteiger partial charge in [0.2, 0.25) is 0 Å². The molecule has 0 saturated carbocycles. The van der Waals surface area contributed by atoms with Crippen LogP contribution in [0.5, 0.6) is 5.75 Å². The number of hydrogen-bond donors (Lipinski definition) is 1. The topological polar surface area (TPSA) is 86.1 Å². The number of esters is 1. The van der Waals surface area contributed by atoms with Crippen molar-refractivity contribution in [1.82, 2.24) is 20.1 Å². The number of amides is 1. The summed E-state index contributed by atoms with van der Waals surface area (Å²) in [5.74, 6) is -0.653. The van der Waals surface area contributed by atoms with E-state index in [0.29, 0.717) is 42.5 Å². The van der Waals surface area contributed by atoms with E-state index in [4.69, 9.17) is 39.5 Å². The molecule has 0 unspecified atom stereocenters. The highest BCUT2D eigenvalue weighted by Gasteiger charge is 2.24. The fourth-order valence-electron chi connectivity index (χ4n) is 3.94. The SMILES string of the molecule is Cc1c(C(=O)NCc2ccncc2OC(=O)c2cccs2)nn(-c2ccc(Cl)cc2Cl)c1-c1ccc(Cl)cc1. The van der Waals surface area contributed by atoms with E-state index in [9.17, 15) is 9.59 Å². The van der Waals surface area contributed by atoms with E-state index < -0.39 is 11.9 Å². The Morgan fingerprint density at radius 3 is 2.51 bits per heavy atom. The Balaban J connectivity index is 1.45. The number of carbonyl (C=O) groups excluding carboxylic acids is 2. The van der Waals surface area contributed by atoms with Crippen LogP contribution in [0.1, 0.15) is 31.3 Å². The standard InChI is InChI=1S/C28H19Cl3N4O3S/c1-16-25(27(36)33-14-18-10-11-32-15-23(18)38-28(37)24-3-2-12-39-24)34-35(22-9-8-20(30)13-21(22)31)26(16)17-4-6-19(29)7-5-17/h2-13,15H,14H2,1H3,(H,33,36). The molecule has 0 atom stereocenters. The summed E-state index contributed by atoms with van der Waals surface area (Å²) in [6.45, 7) is 1.89. The Labute approximate surface area is 242 Å². The maximum atomic E-state index is 13.4. The second kappa shape index (κ2) is 11.6. The number of nitrogens with one attached hydrogen (secondary N) is 1. The molecule has 0 saturated heterocycles. The van der Waals surface area contributed by atoms with Gasteiger partial charge in [-0.25, -0.2) is 9.48 Å². The molecule has 0 spiro atoms. The third-order valence-corrected chi connectivity index (χ3v) is 7.47. The highest BCUT2D eigenvalue weighted by molar-refractivity contribution is 7.12. The molecule has 39 heavy (non-hydrogen) atoms. The van der Waals surface area contributed by atoms with Gasteiger partial charge < -0.3 is 10.1 Å². The Bertz CT molecular complexity index is 1670. The Morgan fingerprint density at radius 2 is 1.79 bits per heavy atom. The molecule has 1 amide bonds. The molecule has 0 aliphatic carbocycles. The van der Waals surface area contributed by atoms with Gasteiger partial charge in [-0.1, -0.05) is 53.0 Å². The van der Waals surface area contributed by atoms with E-state index in [-0.39, 0.29) is 18.0 Å². The first-order valence-electron chi connectivity index (χ1n) is 11.6. The zero-order valence-corrected chi connectivity index (χ0v) is 23.4. The number of rotatable bonds is 7. The third-order valence-electron chi connectivity index (χ3n) is 5.83. The maximum absolute atomic E-state index is 13.4. The zero-order valence-electron chi connectivity index (χ0n) is 20.3. The molecule has 3 heterocycles. The molecule has 3 aromatic heterocycles. The van der Waals surface area contributed by atoms with Crippen molar-refractivity contribution in [2.24, 2.45) is 0 Å². The zero-order chi connectivity index (χ0) is 27.5. The molecule has 7 nitrogen and oxygen atoms in total. The fraction of sp³-hybridized carbons (Fsp3) is 0.0714. The predicted molar refractivity (Wildman–Crippen MR) is 153 cm³/mol. The van der Waals surface area contributed by atoms with Crippen molar-refractivity contribution in [3.8, 4) is 22.7 Å². The van der Waals surface area contributed by atoms with Gasteiger partial charge >= 0.3 is 5.97 Å². The van der Waals surface area contributed by atoms with Crippen LogP contribution in [0, 0.1) is 6.92 Å². The van der Waals surface area contributed by atoms with Crippen molar-refractivity contribution < 1.29 is 14.3 Å². The molecule has 0 fully saturated rings. The molecular weight excluding hydrogens is 579 g/mol. The molecule has 11 heteroatoms.